The van der Waals surface area contributed by atoms with Gasteiger partial charge < -0.3 is 10.1 Å². The lowest BCUT2D eigenvalue weighted by Crippen LogP contribution is -2.15. The predicted molar refractivity (Wildman–Crippen MR) is 118 cm³/mol. The number of thiazole rings is 1. The van der Waals surface area contributed by atoms with Gasteiger partial charge in [-0.3, -0.25) is 14.9 Å². The minimum absolute atomic E-state index is 0.0750. The summed E-state index contributed by atoms with van der Waals surface area (Å²) in [5, 5.41) is 11.3. The predicted octanol–water partition coefficient (Wildman–Crippen LogP) is 4.60. The third kappa shape index (κ3) is 6.23. The van der Waals surface area contributed by atoms with Crippen molar-refractivity contribution in [2.45, 2.75) is 26.2 Å². The van der Waals surface area contributed by atoms with Crippen molar-refractivity contribution < 1.29 is 19.1 Å². The van der Waals surface area contributed by atoms with Crippen LogP contribution in [0.25, 0.3) is 0 Å². The molecule has 9 heteroatoms. The number of carbonyl (C=O) groups is 3. The maximum Gasteiger partial charge on any atom is 0.338 e. The summed E-state index contributed by atoms with van der Waals surface area (Å²) in [5.74, 6) is -0.843. The number of nitrogens with one attached hydrogen (secondary N) is 2. The van der Waals surface area contributed by atoms with Crippen LogP contribution in [-0.4, -0.2) is 29.4 Å². The molecule has 0 spiro atoms. The average molecular weight is 444 g/mol. The number of anilines is 2. The molecule has 7 nitrogen and oxygen atoms in total. The number of benzene rings is 1. The van der Waals surface area contributed by atoms with Crippen LogP contribution < -0.4 is 10.6 Å². The minimum atomic E-state index is -0.374. The van der Waals surface area contributed by atoms with Crippen LogP contribution in [0, 0.1) is 0 Å². The summed E-state index contributed by atoms with van der Waals surface area (Å²) in [6.45, 7) is 2.43. The Morgan fingerprint density at radius 2 is 1.83 bits per heavy atom. The third-order valence-corrected chi connectivity index (χ3v) is 5.52. The second kappa shape index (κ2) is 10.7. The Hall–Kier alpha value is -3.04. The summed E-state index contributed by atoms with van der Waals surface area (Å²) in [6, 6.07) is 8.28. The molecule has 0 saturated heterocycles. The first-order chi connectivity index (χ1) is 14.5. The van der Waals surface area contributed by atoms with Crippen molar-refractivity contribution in [3.05, 3.63) is 63.3 Å². The van der Waals surface area contributed by atoms with Gasteiger partial charge in [-0.15, -0.1) is 11.3 Å². The summed E-state index contributed by atoms with van der Waals surface area (Å²) in [4.78, 5) is 40.5. The fourth-order valence-electron chi connectivity index (χ4n) is 2.46. The highest BCUT2D eigenvalue weighted by atomic mass is 32.1. The lowest BCUT2D eigenvalue weighted by Gasteiger charge is -2.06. The molecule has 156 valence electrons. The third-order valence-electron chi connectivity index (χ3n) is 4.03. The lowest BCUT2D eigenvalue weighted by atomic mass is 10.2. The normalized spacial score (nSPS) is 10.4. The second-order valence-corrected chi connectivity index (χ2v) is 8.04. The highest BCUT2D eigenvalue weighted by Crippen LogP contribution is 2.18. The van der Waals surface area contributed by atoms with Crippen molar-refractivity contribution in [3.63, 3.8) is 0 Å². The number of nitrogens with zero attached hydrogens (tertiary/aromatic N) is 1. The maximum absolute atomic E-state index is 12.3. The molecule has 0 saturated carbocycles. The standard InChI is InChI=1S/C21H21N3O4S2/c1-2-3-9-28-20(27)14-4-6-16(7-5-14)22-18(25)11-17-13-30-21(23-17)24-19(26)15-8-10-29-12-15/h4-8,10,12-13H,2-3,9,11H2,1H3,(H,22,25)(H,23,24,26). The molecule has 0 bridgehead atoms. The molecule has 2 aromatic heterocycles. The van der Waals surface area contributed by atoms with E-state index in [-0.39, 0.29) is 24.2 Å². The Labute approximate surface area is 182 Å². The van der Waals surface area contributed by atoms with Crippen molar-refractivity contribution in [2.24, 2.45) is 0 Å². The SMILES string of the molecule is CCCCOC(=O)c1ccc(NC(=O)Cc2csc(NC(=O)c3ccsc3)n2)cc1. The van der Waals surface area contributed by atoms with E-state index in [0.717, 1.165) is 12.8 Å². The Morgan fingerprint density at radius 3 is 2.53 bits per heavy atom. The van der Waals surface area contributed by atoms with Crippen LogP contribution >= 0.6 is 22.7 Å². The fourth-order valence-corrected chi connectivity index (χ4v) is 3.80. The van der Waals surface area contributed by atoms with E-state index in [0.29, 0.717) is 34.2 Å². The molecule has 2 amide bonds. The molecule has 0 fully saturated rings. The number of thiophene rings is 1. The molecule has 2 heterocycles. The van der Waals surface area contributed by atoms with Gasteiger partial charge in [0.25, 0.3) is 5.91 Å². The van der Waals surface area contributed by atoms with Gasteiger partial charge in [0.1, 0.15) is 0 Å². The molecule has 0 atom stereocenters. The highest BCUT2D eigenvalue weighted by Gasteiger charge is 2.12. The van der Waals surface area contributed by atoms with Crippen LogP contribution in [0.4, 0.5) is 10.8 Å². The summed E-state index contributed by atoms with van der Waals surface area (Å²) in [7, 11) is 0. The molecule has 0 unspecified atom stereocenters. The van der Waals surface area contributed by atoms with Gasteiger partial charge in [0.2, 0.25) is 5.91 Å². The van der Waals surface area contributed by atoms with E-state index >= 15 is 0 Å². The van der Waals surface area contributed by atoms with Crippen molar-refractivity contribution >= 4 is 51.3 Å². The number of ether oxygens (including phenoxy) is 1. The van der Waals surface area contributed by atoms with Crippen molar-refractivity contribution in [2.75, 3.05) is 17.2 Å². The molecule has 2 N–H and O–H groups in total. The first-order valence-electron chi connectivity index (χ1n) is 9.40. The number of carbonyl (C=O) groups excluding carboxylic acids is 3. The molecule has 3 aromatic rings. The average Bonchev–Trinajstić information content (AvgIpc) is 3.41. The van der Waals surface area contributed by atoms with Gasteiger partial charge in [0.05, 0.1) is 29.8 Å². The monoisotopic (exact) mass is 443 g/mol. The van der Waals surface area contributed by atoms with E-state index in [1.807, 2.05) is 12.3 Å². The number of hydrogen-bond acceptors (Lipinski definition) is 7. The summed E-state index contributed by atoms with van der Waals surface area (Å²) in [5.41, 5.74) is 2.15. The molecule has 30 heavy (non-hydrogen) atoms. The molecular weight excluding hydrogens is 422 g/mol. The van der Waals surface area contributed by atoms with Gasteiger partial charge in [-0.2, -0.15) is 11.3 Å². The molecule has 0 aliphatic carbocycles. The Kier molecular flexibility index (Phi) is 7.69. The van der Waals surface area contributed by atoms with Gasteiger partial charge in [-0.1, -0.05) is 13.3 Å². The van der Waals surface area contributed by atoms with Crippen molar-refractivity contribution in [1.82, 2.24) is 4.98 Å². The Morgan fingerprint density at radius 1 is 1.03 bits per heavy atom. The van der Waals surface area contributed by atoms with Gasteiger partial charge >= 0.3 is 5.97 Å². The molecule has 0 radical (unpaired) electrons. The summed E-state index contributed by atoms with van der Waals surface area (Å²) >= 11 is 2.71. The number of aromatic nitrogens is 1. The number of esters is 1. The van der Waals surface area contributed by atoms with Gasteiger partial charge in [0, 0.05) is 16.4 Å². The zero-order valence-corrected chi connectivity index (χ0v) is 18.0. The van der Waals surface area contributed by atoms with E-state index in [2.05, 4.69) is 15.6 Å². The topological polar surface area (TPSA) is 97.4 Å². The van der Waals surface area contributed by atoms with Crippen LogP contribution in [0.1, 0.15) is 46.2 Å². The van der Waals surface area contributed by atoms with Crippen LogP contribution in [0.15, 0.2) is 46.5 Å². The van der Waals surface area contributed by atoms with E-state index < -0.39 is 0 Å². The van der Waals surface area contributed by atoms with E-state index in [1.165, 1.54) is 22.7 Å². The molecule has 1 aromatic carbocycles. The van der Waals surface area contributed by atoms with Crippen LogP contribution in [-0.2, 0) is 16.0 Å². The second-order valence-electron chi connectivity index (χ2n) is 6.40. The van der Waals surface area contributed by atoms with E-state index in [4.69, 9.17) is 4.74 Å². The van der Waals surface area contributed by atoms with Crippen molar-refractivity contribution in [1.29, 1.82) is 0 Å². The van der Waals surface area contributed by atoms with Crippen LogP contribution in [0.5, 0.6) is 0 Å². The number of amides is 2. The summed E-state index contributed by atoms with van der Waals surface area (Å²) < 4.78 is 5.16. The fraction of sp³-hybridized carbons (Fsp3) is 0.238. The molecule has 0 aliphatic rings. The van der Waals surface area contributed by atoms with Gasteiger partial charge in [0.15, 0.2) is 5.13 Å². The van der Waals surface area contributed by atoms with Crippen LogP contribution in [0.2, 0.25) is 0 Å². The highest BCUT2D eigenvalue weighted by molar-refractivity contribution is 7.14. The van der Waals surface area contributed by atoms with E-state index in [9.17, 15) is 14.4 Å². The number of unbranched alkanes of at least 4 members (excludes halogenated alkanes) is 1. The van der Waals surface area contributed by atoms with Crippen molar-refractivity contribution in [3.8, 4) is 0 Å². The minimum Gasteiger partial charge on any atom is -0.462 e. The number of rotatable bonds is 9. The lowest BCUT2D eigenvalue weighted by molar-refractivity contribution is -0.115. The largest absolute Gasteiger partial charge is 0.462 e. The Balaban J connectivity index is 1.49. The molecule has 0 aliphatic heterocycles. The molecule has 3 rings (SSSR count). The van der Waals surface area contributed by atoms with Gasteiger partial charge in [-0.25, -0.2) is 9.78 Å². The summed E-state index contributed by atoms with van der Waals surface area (Å²) in [6.07, 6.45) is 1.86. The Bertz CT molecular complexity index is 998. The number of hydrogen-bond donors (Lipinski definition) is 2. The molecular formula is C21H21N3O4S2. The van der Waals surface area contributed by atoms with E-state index in [1.54, 1.807) is 41.1 Å². The zero-order valence-electron chi connectivity index (χ0n) is 16.3. The maximum atomic E-state index is 12.3. The first kappa shape index (κ1) is 21.7. The quantitative estimate of drug-likeness (QED) is 0.372. The van der Waals surface area contributed by atoms with Gasteiger partial charge in [-0.05, 0) is 42.1 Å². The smallest absolute Gasteiger partial charge is 0.338 e. The first-order valence-corrected chi connectivity index (χ1v) is 11.2. The van der Waals surface area contributed by atoms with Crippen LogP contribution in [0.3, 0.4) is 0 Å². The zero-order chi connectivity index (χ0) is 21.3.